The molecule has 1 aromatic heterocycles. The van der Waals surface area contributed by atoms with Crippen LogP contribution in [0.15, 0.2) is 76.3 Å². The molecule has 3 N–H and O–H groups in total. The zero-order chi connectivity index (χ0) is 20.5. The highest BCUT2D eigenvalue weighted by Crippen LogP contribution is 2.15. The van der Waals surface area contributed by atoms with Crippen molar-refractivity contribution in [2.75, 3.05) is 11.9 Å². The Bertz CT molecular complexity index is 953. The molecule has 0 saturated heterocycles. The highest BCUT2D eigenvalue weighted by molar-refractivity contribution is 6.31. The normalized spacial score (nSPS) is 11.2. The summed E-state index contributed by atoms with van der Waals surface area (Å²) in [5.74, 6) is 0.708. The molecule has 3 aromatic rings. The molecule has 29 heavy (non-hydrogen) atoms. The molecule has 3 rings (SSSR count). The maximum atomic E-state index is 12.0. The van der Waals surface area contributed by atoms with Crippen LogP contribution >= 0.6 is 11.6 Å². The molecule has 2 aromatic carbocycles. The van der Waals surface area contributed by atoms with Crippen molar-refractivity contribution in [2.45, 2.75) is 20.0 Å². The molecule has 0 aliphatic carbocycles. The summed E-state index contributed by atoms with van der Waals surface area (Å²) in [6, 6.07) is 18.6. The number of nitrogens with one attached hydrogen (secondary N) is 3. The zero-order valence-corrected chi connectivity index (χ0v) is 16.9. The highest BCUT2D eigenvalue weighted by Gasteiger charge is 2.08. The monoisotopic (exact) mass is 410 g/mol. The van der Waals surface area contributed by atoms with E-state index in [1.807, 2.05) is 55.5 Å². The van der Waals surface area contributed by atoms with Crippen molar-refractivity contribution in [3.05, 3.63) is 88.8 Å². The molecule has 0 aliphatic heterocycles. The Morgan fingerprint density at radius 2 is 1.83 bits per heavy atom. The van der Waals surface area contributed by atoms with E-state index in [0.717, 1.165) is 22.7 Å². The summed E-state index contributed by atoms with van der Waals surface area (Å²) in [4.78, 5) is 16.6. The van der Waals surface area contributed by atoms with Crippen LogP contribution in [0.3, 0.4) is 0 Å². The lowest BCUT2D eigenvalue weighted by Gasteiger charge is -2.12. The third kappa shape index (κ3) is 6.12. The maximum Gasteiger partial charge on any atom is 0.291 e. The van der Waals surface area contributed by atoms with Gasteiger partial charge in [-0.1, -0.05) is 41.9 Å². The van der Waals surface area contributed by atoms with Crippen molar-refractivity contribution in [3.8, 4) is 0 Å². The van der Waals surface area contributed by atoms with E-state index in [-0.39, 0.29) is 11.7 Å². The number of benzene rings is 2. The van der Waals surface area contributed by atoms with E-state index in [2.05, 4.69) is 20.9 Å². The second-order valence-corrected chi connectivity index (χ2v) is 6.68. The fourth-order valence-electron chi connectivity index (χ4n) is 2.63. The number of nitrogens with zero attached hydrogens (tertiary/aromatic N) is 1. The smallest absolute Gasteiger partial charge is 0.291 e. The molecule has 0 atom stereocenters. The first kappa shape index (κ1) is 20.5. The number of guanidine groups is 1. The van der Waals surface area contributed by atoms with Crippen molar-refractivity contribution in [1.82, 2.24) is 10.6 Å². The molecule has 6 nitrogen and oxygen atoms in total. The molecular formula is C22H23ClN4O2. The van der Waals surface area contributed by atoms with Crippen molar-refractivity contribution in [1.29, 1.82) is 0 Å². The molecule has 0 unspecified atom stereocenters. The largest absolute Gasteiger partial charge is 0.459 e. The number of aliphatic imine (C=N–C) groups is 1. The molecular weight excluding hydrogens is 388 g/mol. The number of anilines is 1. The predicted octanol–water partition coefficient (Wildman–Crippen LogP) is 4.44. The first-order valence-corrected chi connectivity index (χ1v) is 9.73. The topological polar surface area (TPSA) is 78.7 Å². The number of carbonyl (C=O) groups excluding carboxylic acids is 1. The van der Waals surface area contributed by atoms with Crippen LogP contribution in [0.4, 0.5) is 5.69 Å². The molecule has 1 amide bonds. The summed E-state index contributed by atoms with van der Waals surface area (Å²) >= 11 is 6.21. The van der Waals surface area contributed by atoms with E-state index in [1.165, 1.54) is 6.26 Å². The van der Waals surface area contributed by atoms with Gasteiger partial charge in [-0.3, -0.25) is 4.79 Å². The summed E-state index contributed by atoms with van der Waals surface area (Å²) in [6.45, 7) is 3.86. The average Bonchev–Trinajstić information content (AvgIpc) is 3.27. The van der Waals surface area contributed by atoms with Crippen LogP contribution in [0.2, 0.25) is 5.02 Å². The van der Waals surface area contributed by atoms with E-state index in [9.17, 15) is 4.79 Å². The van der Waals surface area contributed by atoms with Crippen LogP contribution in [0.25, 0.3) is 0 Å². The molecule has 0 spiro atoms. The van der Waals surface area contributed by atoms with Crippen LogP contribution in [-0.2, 0) is 13.1 Å². The first-order chi connectivity index (χ1) is 14.2. The number of carbonyl (C=O) groups is 1. The van der Waals surface area contributed by atoms with E-state index in [4.69, 9.17) is 16.0 Å². The van der Waals surface area contributed by atoms with Crippen molar-refractivity contribution >= 4 is 29.2 Å². The molecule has 0 fully saturated rings. The van der Waals surface area contributed by atoms with E-state index in [1.54, 1.807) is 12.1 Å². The highest BCUT2D eigenvalue weighted by atomic mass is 35.5. The Morgan fingerprint density at radius 1 is 1.03 bits per heavy atom. The fourth-order valence-corrected chi connectivity index (χ4v) is 2.83. The van der Waals surface area contributed by atoms with Crippen LogP contribution in [0, 0.1) is 0 Å². The minimum Gasteiger partial charge on any atom is -0.459 e. The molecule has 0 saturated carbocycles. The summed E-state index contributed by atoms with van der Waals surface area (Å²) in [5, 5.41) is 10.0. The molecule has 1 heterocycles. The molecule has 7 heteroatoms. The minimum absolute atomic E-state index is 0.276. The summed E-state index contributed by atoms with van der Waals surface area (Å²) < 4.78 is 5.09. The lowest BCUT2D eigenvalue weighted by Crippen LogP contribution is -2.36. The quantitative estimate of drug-likeness (QED) is 0.397. The number of furan rings is 1. The van der Waals surface area contributed by atoms with Crippen LogP contribution in [-0.4, -0.2) is 18.4 Å². The van der Waals surface area contributed by atoms with Gasteiger partial charge in [-0.15, -0.1) is 0 Å². The zero-order valence-electron chi connectivity index (χ0n) is 16.1. The van der Waals surface area contributed by atoms with Crippen molar-refractivity contribution in [3.63, 3.8) is 0 Å². The Balaban J connectivity index is 1.57. The number of hydrogen-bond acceptors (Lipinski definition) is 3. The molecule has 0 aliphatic rings. The van der Waals surface area contributed by atoms with Crippen LogP contribution in [0.5, 0.6) is 0 Å². The van der Waals surface area contributed by atoms with Gasteiger partial charge in [0.2, 0.25) is 0 Å². The lowest BCUT2D eigenvalue weighted by atomic mass is 10.2. The lowest BCUT2D eigenvalue weighted by molar-refractivity contribution is 0.0996. The fraction of sp³-hybridized carbons (Fsp3) is 0.182. The maximum absolute atomic E-state index is 12.0. The molecule has 0 bridgehead atoms. The number of amides is 1. The van der Waals surface area contributed by atoms with Crippen molar-refractivity contribution in [2.24, 2.45) is 4.99 Å². The average molecular weight is 411 g/mol. The standard InChI is InChI=1S/C22H23ClN4O2/c1-2-24-22(26-15-17-6-3-4-7-19(17)23)25-14-16-9-11-18(12-10-16)27-21(28)20-8-5-13-29-20/h3-13H,2,14-15H2,1H3,(H,27,28)(H2,24,25,26). The van der Waals surface area contributed by atoms with Gasteiger partial charge in [0.25, 0.3) is 5.91 Å². The third-order valence-electron chi connectivity index (χ3n) is 4.12. The Labute approximate surface area is 175 Å². The second kappa shape index (κ2) is 10.3. The molecule has 0 radical (unpaired) electrons. The van der Waals surface area contributed by atoms with E-state index in [0.29, 0.717) is 24.7 Å². The van der Waals surface area contributed by atoms with Gasteiger partial charge in [0.05, 0.1) is 12.8 Å². The van der Waals surface area contributed by atoms with Gasteiger partial charge in [0, 0.05) is 23.8 Å². The Kier molecular flexibility index (Phi) is 7.30. The van der Waals surface area contributed by atoms with Gasteiger partial charge in [0.15, 0.2) is 11.7 Å². The van der Waals surface area contributed by atoms with Gasteiger partial charge in [-0.05, 0) is 48.4 Å². The number of hydrogen-bond donors (Lipinski definition) is 3. The van der Waals surface area contributed by atoms with E-state index >= 15 is 0 Å². The Morgan fingerprint density at radius 3 is 2.52 bits per heavy atom. The Hall–Kier alpha value is -3.25. The van der Waals surface area contributed by atoms with Gasteiger partial charge in [-0.2, -0.15) is 0 Å². The second-order valence-electron chi connectivity index (χ2n) is 6.27. The van der Waals surface area contributed by atoms with Gasteiger partial charge >= 0.3 is 0 Å². The molecule has 150 valence electrons. The number of halogens is 1. The third-order valence-corrected chi connectivity index (χ3v) is 4.49. The van der Waals surface area contributed by atoms with Crippen LogP contribution < -0.4 is 16.0 Å². The SMILES string of the molecule is CCNC(=NCc1ccc(NC(=O)c2ccco2)cc1)NCc1ccccc1Cl. The van der Waals surface area contributed by atoms with Gasteiger partial charge < -0.3 is 20.4 Å². The summed E-state index contributed by atoms with van der Waals surface area (Å²) in [7, 11) is 0. The number of rotatable bonds is 7. The minimum atomic E-state index is -0.279. The summed E-state index contributed by atoms with van der Waals surface area (Å²) in [6.07, 6.45) is 1.47. The summed E-state index contributed by atoms with van der Waals surface area (Å²) in [5.41, 5.74) is 2.73. The van der Waals surface area contributed by atoms with Crippen LogP contribution in [0.1, 0.15) is 28.6 Å². The van der Waals surface area contributed by atoms with Gasteiger partial charge in [0.1, 0.15) is 0 Å². The first-order valence-electron chi connectivity index (χ1n) is 9.35. The van der Waals surface area contributed by atoms with Crippen molar-refractivity contribution < 1.29 is 9.21 Å². The van der Waals surface area contributed by atoms with Gasteiger partial charge in [-0.25, -0.2) is 4.99 Å². The predicted molar refractivity (Wildman–Crippen MR) is 116 cm³/mol. The van der Waals surface area contributed by atoms with E-state index < -0.39 is 0 Å².